The summed E-state index contributed by atoms with van der Waals surface area (Å²) < 4.78 is 0. The molecule has 1 heterocycles. The Balaban J connectivity index is 2.91. The fourth-order valence-electron chi connectivity index (χ4n) is 1.33. The van der Waals surface area contributed by atoms with Crippen LogP contribution in [0.1, 0.15) is 13.8 Å². The van der Waals surface area contributed by atoms with E-state index in [1.54, 1.807) is 0 Å². The average Bonchev–Trinajstić information content (AvgIpc) is 2.25. The van der Waals surface area contributed by atoms with E-state index in [4.69, 9.17) is 5.73 Å². The molecule has 3 N–H and O–H groups in total. The largest absolute Gasteiger partial charge is 0.360 e. The van der Waals surface area contributed by atoms with Crippen LogP contribution in [0.25, 0.3) is 0 Å². The third-order valence-electron chi connectivity index (χ3n) is 2.36. The number of pyridine rings is 1. The summed E-state index contributed by atoms with van der Waals surface area (Å²) >= 11 is 0. The highest BCUT2D eigenvalue weighted by Gasteiger charge is 2.18. The van der Waals surface area contributed by atoms with E-state index >= 15 is 0 Å². The van der Waals surface area contributed by atoms with Crippen molar-refractivity contribution < 1.29 is 4.92 Å². The third kappa shape index (κ3) is 2.90. The molecule has 0 bridgehead atoms. The van der Waals surface area contributed by atoms with Gasteiger partial charge in [-0.15, -0.1) is 0 Å². The number of hydrogen-bond acceptors (Lipinski definition) is 5. The maximum atomic E-state index is 10.8. The summed E-state index contributed by atoms with van der Waals surface area (Å²) in [4.78, 5) is 14.3. The van der Waals surface area contributed by atoms with Crippen LogP contribution in [0.5, 0.6) is 0 Å². The van der Waals surface area contributed by atoms with Gasteiger partial charge in [0.15, 0.2) is 0 Å². The van der Waals surface area contributed by atoms with Crippen molar-refractivity contribution >= 4 is 11.5 Å². The van der Waals surface area contributed by atoms with Crippen molar-refractivity contribution in [3.8, 4) is 0 Å². The molecule has 6 heteroatoms. The van der Waals surface area contributed by atoms with Gasteiger partial charge in [0.1, 0.15) is 0 Å². The molecule has 88 valence electrons. The van der Waals surface area contributed by atoms with Crippen LogP contribution in [0.4, 0.5) is 11.5 Å². The summed E-state index contributed by atoms with van der Waals surface area (Å²) in [7, 11) is 0. The van der Waals surface area contributed by atoms with E-state index in [9.17, 15) is 10.1 Å². The Kier molecular flexibility index (Phi) is 4.19. The van der Waals surface area contributed by atoms with E-state index in [0.29, 0.717) is 6.54 Å². The first-order valence-corrected chi connectivity index (χ1v) is 5.12. The highest BCUT2D eigenvalue weighted by Crippen LogP contribution is 2.22. The molecule has 0 saturated heterocycles. The Morgan fingerprint density at radius 1 is 1.62 bits per heavy atom. The Labute approximate surface area is 94.0 Å². The number of rotatable bonds is 5. The van der Waals surface area contributed by atoms with E-state index in [2.05, 4.69) is 10.3 Å². The molecule has 1 rings (SSSR count). The molecule has 0 radical (unpaired) electrons. The monoisotopic (exact) mass is 224 g/mol. The second-order valence-corrected chi connectivity index (χ2v) is 3.86. The lowest BCUT2D eigenvalue weighted by Crippen LogP contribution is -2.34. The molecular weight excluding hydrogens is 208 g/mol. The number of nitro groups is 1. The molecule has 0 spiro atoms. The first-order valence-electron chi connectivity index (χ1n) is 5.12. The average molecular weight is 224 g/mol. The molecule has 0 aromatic carbocycles. The minimum absolute atomic E-state index is 0.0198. The molecule has 1 unspecified atom stereocenters. The summed E-state index contributed by atoms with van der Waals surface area (Å²) in [5.74, 6) is 0.559. The maximum absolute atomic E-state index is 10.8. The summed E-state index contributed by atoms with van der Waals surface area (Å²) in [5, 5.41) is 13.8. The lowest BCUT2D eigenvalue weighted by atomic mass is 10.0. The second kappa shape index (κ2) is 5.41. The smallest absolute Gasteiger partial charge is 0.311 e. The Morgan fingerprint density at radius 3 is 2.81 bits per heavy atom. The molecule has 1 aromatic rings. The van der Waals surface area contributed by atoms with Gasteiger partial charge in [0.05, 0.1) is 4.92 Å². The van der Waals surface area contributed by atoms with Crippen LogP contribution < -0.4 is 11.1 Å². The van der Waals surface area contributed by atoms with Gasteiger partial charge in [-0.05, 0) is 12.0 Å². The summed E-state index contributed by atoms with van der Waals surface area (Å²) in [6.07, 6.45) is 1.52. The quantitative estimate of drug-likeness (QED) is 0.582. The lowest BCUT2D eigenvalue weighted by Gasteiger charge is -2.20. The fourth-order valence-corrected chi connectivity index (χ4v) is 1.33. The van der Waals surface area contributed by atoms with E-state index in [-0.39, 0.29) is 23.5 Å². The molecule has 1 atom stereocenters. The third-order valence-corrected chi connectivity index (χ3v) is 2.36. The van der Waals surface area contributed by atoms with Crippen LogP contribution in [0.15, 0.2) is 18.3 Å². The highest BCUT2D eigenvalue weighted by molar-refractivity contribution is 5.55. The fraction of sp³-hybridized carbons (Fsp3) is 0.500. The Hall–Kier alpha value is -1.69. The predicted octanol–water partition coefficient (Wildman–Crippen LogP) is 1.38. The predicted molar refractivity (Wildman–Crippen MR) is 62.2 cm³/mol. The van der Waals surface area contributed by atoms with Crippen molar-refractivity contribution in [3.05, 3.63) is 28.4 Å². The van der Waals surface area contributed by atoms with E-state index in [1.165, 1.54) is 18.3 Å². The summed E-state index contributed by atoms with van der Waals surface area (Å²) in [6, 6.07) is 2.94. The van der Waals surface area contributed by atoms with Crippen LogP contribution in [-0.2, 0) is 0 Å². The highest BCUT2D eigenvalue weighted by atomic mass is 16.6. The SMILES string of the molecule is CC(C)C(CN)Nc1ncccc1[N+](=O)[O-]. The van der Waals surface area contributed by atoms with Crippen LogP contribution in [0.2, 0.25) is 0 Å². The van der Waals surface area contributed by atoms with E-state index < -0.39 is 4.92 Å². The van der Waals surface area contributed by atoms with Crippen LogP contribution in [0.3, 0.4) is 0 Å². The number of anilines is 1. The normalized spacial score (nSPS) is 12.5. The maximum Gasteiger partial charge on any atom is 0.311 e. The zero-order chi connectivity index (χ0) is 12.1. The number of hydrogen-bond donors (Lipinski definition) is 2. The zero-order valence-corrected chi connectivity index (χ0v) is 9.38. The van der Waals surface area contributed by atoms with Crippen molar-refractivity contribution in [1.29, 1.82) is 0 Å². The molecule has 1 aromatic heterocycles. The van der Waals surface area contributed by atoms with Gasteiger partial charge in [-0.2, -0.15) is 0 Å². The number of nitrogens with zero attached hydrogens (tertiary/aromatic N) is 2. The molecule has 6 nitrogen and oxygen atoms in total. The lowest BCUT2D eigenvalue weighted by molar-refractivity contribution is -0.384. The summed E-state index contributed by atoms with van der Waals surface area (Å²) in [5.41, 5.74) is 5.56. The molecule has 0 fully saturated rings. The number of aromatic nitrogens is 1. The van der Waals surface area contributed by atoms with E-state index in [1.807, 2.05) is 13.8 Å². The van der Waals surface area contributed by atoms with Crippen molar-refractivity contribution in [2.75, 3.05) is 11.9 Å². The first-order chi connectivity index (χ1) is 7.56. The van der Waals surface area contributed by atoms with Crippen LogP contribution >= 0.6 is 0 Å². The first kappa shape index (κ1) is 12.4. The van der Waals surface area contributed by atoms with Crippen molar-refractivity contribution in [2.45, 2.75) is 19.9 Å². The van der Waals surface area contributed by atoms with Gasteiger partial charge in [-0.1, -0.05) is 13.8 Å². The minimum Gasteiger partial charge on any atom is -0.360 e. The summed E-state index contributed by atoms with van der Waals surface area (Å²) in [6.45, 7) is 4.41. The van der Waals surface area contributed by atoms with Gasteiger partial charge in [0.25, 0.3) is 0 Å². The van der Waals surface area contributed by atoms with Crippen LogP contribution in [-0.4, -0.2) is 22.5 Å². The zero-order valence-electron chi connectivity index (χ0n) is 9.38. The van der Waals surface area contributed by atoms with Gasteiger partial charge >= 0.3 is 5.69 Å². The second-order valence-electron chi connectivity index (χ2n) is 3.86. The molecule has 0 aliphatic carbocycles. The minimum atomic E-state index is -0.455. The molecule has 0 aliphatic heterocycles. The van der Waals surface area contributed by atoms with Crippen molar-refractivity contribution in [2.24, 2.45) is 11.7 Å². The van der Waals surface area contributed by atoms with Gasteiger partial charge < -0.3 is 11.1 Å². The standard InChI is InChI=1S/C10H16N4O2/c1-7(2)8(6-11)13-10-9(14(15)16)4-3-5-12-10/h3-5,7-8H,6,11H2,1-2H3,(H,12,13). The number of nitrogens with one attached hydrogen (secondary N) is 1. The van der Waals surface area contributed by atoms with Gasteiger partial charge in [0.2, 0.25) is 5.82 Å². The van der Waals surface area contributed by atoms with Gasteiger partial charge in [0, 0.05) is 24.8 Å². The topological polar surface area (TPSA) is 94.1 Å². The van der Waals surface area contributed by atoms with Crippen molar-refractivity contribution in [1.82, 2.24) is 4.98 Å². The molecule has 0 aliphatic rings. The molecule has 16 heavy (non-hydrogen) atoms. The van der Waals surface area contributed by atoms with Gasteiger partial charge in [-0.25, -0.2) is 4.98 Å². The van der Waals surface area contributed by atoms with Gasteiger partial charge in [-0.3, -0.25) is 10.1 Å². The molecule has 0 amide bonds. The Morgan fingerprint density at radius 2 is 2.31 bits per heavy atom. The van der Waals surface area contributed by atoms with E-state index in [0.717, 1.165) is 0 Å². The molecular formula is C10H16N4O2. The van der Waals surface area contributed by atoms with Crippen LogP contribution in [0, 0.1) is 16.0 Å². The number of nitrogens with two attached hydrogens (primary N) is 1. The van der Waals surface area contributed by atoms with Crippen molar-refractivity contribution in [3.63, 3.8) is 0 Å². The Bertz CT molecular complexity index is 368. The molecule has 0 saturated carbocycles.